The molecule has 0 fully saturated rings. The van der Waals surface area contributed by atoms with Gasteiger partial charge in [0.25, 0.3) is 0 Å². The third kappa shape index (κ3) is 2.71. The highest BCUT2D eigenvalue weighted by Gasteiger charge is 2.37. The summed E-state index contributed by atoms with van der Waals surface area (Å²) in [6.07, 6.45) is -3.23. The second kappa shape index (κ2) is 5.32. The smallest absolute Gasteiger partial charge is 0.420 e. The second-order valence-corrected chi connectivity index (χ2v) is 4.73. The van der Waals surface area contributed by atoms with Crippen molar-refractivity contribution in [3.05, 3.63) is 59.5 Å². The minimum Gasteiger partial charge on any atom is -0.457 e. The third-order valence-corrected chi connectivity index (χ3v) is 3.27. The monoisotopic (exact) mass is 320 g/mol. The number of alkyl halides is 3. The quantitative estimate of drug-likeness (QED) is 0.676. The standard InChI is InChI=1S/C16H8F4N2O/c17-12-2-1-10(7-9(12)8-21)23-14-4-3-13-11(5-6-22-13)15(14)16(18,19)20/h1-7,22H. The number of nitrogens with zero attached hydrogens (tertiary/aromatic N) is 1. The lowest BCUT2D eigenvalue weighted by molar-refractivity contribution is -0.137. The van der Waals surface area contributed by atoms with Gasteiger partial charge in [-0.2, -0.15) is 18.4 Å². The number of H-pyrrole nitrogens is 1. The summed E-state index contributed by atoms with van der Waals surface area (Å²) in [5.41, 5.74) is -0.917. The molecule has 0 radical (unpaired) electrons. The van der Waals surface area contributed by atoms with Gasteiger partial charge in [0, 0.05) is 23.2 Å². The fourth-order valence-corrected chi connectivity index (χ4v) is 2.27. The van der Waals surface area contributed by atoms with Gasteiger partial charge in [0.05, 0.1) is 5.56 Å². The van der Waals surface area contributed by atoms with Gasteiger partial charge in [0.1, 0.15) is 28.9 Å². The molecule has 3 aromatic rings. The van der Waals surface area contributed by atoms with Gasteiger partial charge in [0.2, 0.25) is 0 Å². The van der Waals surface area contributed by atoms with Crippen molar-refractivity contribution < 1.29 is 22.3 Å². The highest BCUT2D eigenvalue weighted by Crippen LogP contribution is 2.42. The molecule has 0 saturated carbocycles. The number of aromatic nitrogens is 1. The molecule has 1 N–H and O–H groups in total. The van der Waals surface area contributed by atoms with Crippen molar-refractivity contribution in [1.82, 2.24) is 4.98 Å². The van der Waals surface area contributed by atoms with Crippen molar-refractivity contribution in [1.29, 1.82) is 5.26 Å². The molecule has 1 aromatic heterocycles. The Hall–Kier alpha value is -3.01. The van der Waals surface area contributed by atoms with Crippen LogP contribution in [0, 0.1) is 17.1 Å². The third-order valence-electron chi connectivity index (χ3n) is 3.27. The van der Waals surface area contributed by atoms with Crippen molar-refractivity contribution >= 4 is 10.9 Å². The number of halogens is 4. The largest absolute Gasteiger partial charge is 0.457 e. The van der Waals surface area contributed by atoms with E-state index >= 15 is 0 Å². The average Bonchev–Trinajstić information content (AvgIpc) is 2.95. The van der Waals surface area contributed by atoms with Gasteiger partial charge in [-0.1, -0.05) is 0 Å². The van der Waals surface area contributed by atoms with Crippen molar-refractivity contribution in [2.45, 2.75) is 6.18 Å². The highest BCUT2D eigenvalue weighted by atomic mass is 19.4. The molecular formula is C16H8F4N2O. The zero-order valence-corrected chi connectivity index (χ0v) is 11.4. The maximum absolute atomic E-state index is 13.4. The average molecular weight is 320 g/mol. The maximum atomic E-state index is 13.4. The molecular weight excluding hydrogens is 312 g/mol. The Morgan fingerprint density at radius 3 is 2.57 bits per heavy atom. The molecule has 0 aliphatic carbocycles. The predicted octanol–water partition coefficient (Wildman–Crippen LogP) is 4.99. The van der Waals surface area contributed by atoms with Crippen LogP contribution < -0.4 is 4.74 Å². The molecule has 0 amide bonds. The zero-order valence-electron chi connectivity index (χ0n) is 11.4. The normalized spacial score (nSPS) is 11.4. The van der Waals surface area contributed by atoms with E-state index in [1.54, 1.807) is 6.07 Å². The van der Waals surface area contributed by atoms with Crippen molar-refractivity contribution in [2.24, 2.45) is 0 Å². The van der Waals surface area contributed by atoms with Gasteiger partial charge in [0.15, 0.2) is 0 Å². The second-order valence-electron chi connectivity index (χ2n) is 4.73. The van der Waals surface area contributed by atoms with E-state index in [1.165, 1.54) is 24.4 Å². The van der Waals surface area contributed by atoms with Crippen LogP contribution in [0.4, 0.5) is 17.6 Å². The molecule has 0 saturated heterocycles. The molecule has 0 aliphatic rings. The van der Waals surface area contributed by atoms with Gasteiger partial charge in [-0.3, -0.25) is 0 Å². The van der Waals surface area contributed by atoms with Gasteiger partial charge in [-0.25, -0.2) is 4.39 Å². The van der Waals surface area contributed by atoms with E-state index in [9.17, 15) is 17.6 Å². The van der Waals surface area contributed by atoms with Crippen LogP contribution in [0.2, 0.25) is 0 Å². The van der Waals surface area contributed by atoms with Crippen LogP contribution in [-0.2, 0) is 6.18 Å². The summed E-state index contributed by atoms with van der Waals surface area (Å²) in [4.78, 5) is 2.70. The fraction of sp³-hybridized carbons (Fsp3) is 0.0625. The Labute approximate surface area is 127 Å². The number of aromatic amines is 1. The van der Waals surface area contributed by atoms with Crippen LogP contribution in [0.5, 0.6) is 11.5 Å². The SMILES string of the molecule is N#Cc1cc(Oc2ccc3[nH]ccc3c2C(F)(F)F)ccc1F. The number of hydrogen-bond acceptors (Lipinski definition) is 2. The lowest BCUT2D eigenvalue weighted by Gasteiger charge is -2.15. The molecule has 2 aromatic carbocycles. The van der Waals surface area contributed by atoms with Crippen LogP contribution in [0.15, 0.2) is 42.6 Å². The number of hydrogen-bond donors (Lipinski definition) is 1. The summed E-state index contributed by atoms with van der Waals surface area (Å²) >= 11 is 0. The number of rotatable bonds is 2. The molecule has 23 heavy (non-hydrogen) atoms. The Balaban J connectivity index is 2.12. The van der Waals surface area contributed by atoms with Gasteiger partial charge >= 0.3 is 6.18 Å². The van der Waals surface area contributed by atoms with Crippen molar-refractivity contribution in [2.75, 3.05) is 0 Å². The van der Waals surface area contributed by atoms with Crippen LogP contribution in [0.3, 0.4) is 0 Å². The summed E-state index contributed by atoms with van der Waals surface area (Å²) in [5, 5.41) is 8.75. The van der Waals surface area contributed by atoms with E-state index in [0.29, 0.717) is 5.52 Å². The first kappa shape index (κ1) is 14.9. The Morgan fingerprint density at radius 1 is 1.09 bits per heavy atom. The summed E-state index contributed by atoms with van der Waals surface area (Å²) < 4.78 is 58.6. The van der Waals surface area contributed by atoms with Crippen LogP contribution in [-0.4, -0.2) is 4.98 Å². The van der Waals surface area contributed by atoms with Crippen LogP contribution in [0.25, 0.3) is 10.9 Å². The Kier molecular flexibility index (Phi) is 3.45. The van der Waals surface area contributed by atoms with E-state index < -0.39 is 23.3 Å². The fourth-order valence-electron chi connectivity index (χ4n) is 2.27. The lowest BCUT2D eigenvalue weighted by Crippen LogP contribution is -2.08. The van der Waals surface area contributed by atoms with E-state index in [4.69, 9.17) is 10.00 Å². The molecule has 116 valence electrons. The Morgan fingerprint density at radius 2 is 1.87 bits per heavy atom. The zero-order chi connectivity index (χ0) is 16.6. The topological polar surface area (TPSA) is 48.8 Å². The van der Waals surface area contributed by atoms with E-state index in [2.05, 4.69) is 4.98 Å². The molecule has 0 aliphatic heterocycles. The number of ether oxygens (including phenoxy) is 1. The summed E-state index contributed by atoms with van der Waals surface area (Å²) in [7, 11) is 0. The van der Waals surface area contributed by atoms with Crippen LogP contribution >= 0.6 is 0 Å². The molecule has 3 nitrogen and oxygen atoms in total. The number of fused-ring (bicyclic) bond motifs is 1. The van der Waals surface area contributed by atoms with Crippen molar-refractivity contribution in [3.63, 3.8) is 0 Å². The number of nitrogens with one attached hydrogen (secondary N) is 1. The minimum absolute atomic E-state index is 0.0300. The first-order chi connectivity index (χ1) is 10.9. The van der Waals surface area contributed by atoms with Gasteiger partial charge in [-0.15, -0.1) is 0 Å². The molecule has 7 heteroatoms. The molecule has 3 rings (SSSR count). The minimum atomic E-state index is -4.63. The van der Waals surface area contributed by atoms with E-state index in [0.717, 1.165) is 18.2 Å². The first-order valence-corrected chi connectivity index (χ1v) is 6.45. The van der Waals surface area contributed by atoms with Crippen molar-refractivity contribution in [3.8, 4) is 17.6 Å². The molecule has 0 spiro atoms. The molecule has 0 unspecified atom stereocenters. The summed E-state index contributed by atoms with van der Waals surface area (Å²) in [6.45, 7) is 0. The Bertz CT molecular complexity index is 922. The molecule has 0 bridgehead atoms. The van der Waals surface area contributed by atoms with E-state index in [1.807, 2.05) is 0 Å². The van der Waals surface area contributed by atoms with E-state index in [-0.39, 0.29) is 16.7 Å². The summed E-state index contributed by atoms with van der Waals surface area (Å²) in [5.74, 6) is -1.24. The molecule has 0 atom stereocenters. The maximum Gasteiger partial charge on any atom is 0.420 e. The molecule has 1 heterocycles. The summed E-state index contributed by atoms with van der Waals surface area (Å²) in [6, 6.07) is 8.73. The van der Waals surface area contributed by atoms with Crippen LogP contribution in [0.1, 0.15) is 11.1 Å². The highest BCUT2D eigenvalue weighted by molar-refractivity contribution is 5.86. The first-order valence-electron chi connectivity index (χ1n) is 6.45. The van der Waals surface area contributed by atoms with Gasteiger partial charge < -0.3 is 9.72 Å². The van der Waals surface area contributed by atoms with Gasteiger partial charge in [-0.05, 0) is 30.3 Å². The predicted molar refractivity (Wildman–Crippen MR) is 74.5 cm³/mol. The number of nitriles is 1. The number of benzene rings is 2. The lowest BCUT2D eigenvalue weighted by atomic mass is 10.1.